The van der Waals surface area contributed by atoms with E-state index in [0.29, 0.717) is 36.6 Å². The van der Waals surface area contributed by atoms with Crippen LogP contribution >= 0.6 is 0 Å². The number of rotatable bonds is 14. The zero-order valence-electron chi connectivity index (χ0n) is 29.9. The first kappa shape index (κ1) is 36.3. The lowest BCUT2D eigenvalue weighted by atomic mass is 9.98. The molecule has 0 bridgehead atoms. The van der Waals surface area contributed by atoms with E-state index >= 15 is 0 Å². The number of hydrogen-bond donors (Lipinski definition) is 1. The van der Waals surface area contributed by atoms with Crippen LogP contribution in [0.15, 0.2) is 53.5 Å². The molecule has 1 saturated heterocycles. The maximum Gasteiger partial charge on any atom is 0.260 e. The average Bonchev–Trinajstić information content (AvgIpc) is 3.51. The number of aromatic amines is 1. The summed E-state index contributed by atoms with van der Waals surface area (Å²) in [5.74, 6) is 1.46. The average molecular weight is 682 g/mol. The molecule has 0 atom stereocenters. The maximum atomic E-state index is 14.1. The molecule has 0 aliphatic carbocycles. The Morgan fingerprint density at radius 1 is 1.00 bits per heavy atom. The van der Waals surface area contributed by atoms with Crippen molar-refractivity contribution >= 4 is 40.3 Å². The highest BCUT2D eigenvalue weighted by atomic mass is 16.5. The third-order valence-corrected chi connectivity index (χ3v) is 8.97. The monoisotopic (exact) mass is 681 g/mol. The van der Waals surface area contributed by atoms with Crippen LogP contribution in [0, 0.1) is 6.92 Å². The zero-order chi connectivity index (χ0) is 35.8. The number of aryl methyl sites for hydroxylation is 1. The number of imidazole rings is 1. The van der Waals surface area contributed by atoms with E-state index in [1.165, 1.54) is 12.0 Å². The Kier molecular flexibility index (Phi) is 12.0. The molecule has 5 rings (SSSR count). The topological polar surface area (TPSA) is 124 Å². The Bertz CT molecular complexity index is 1870. The van der Waals surface area contributed by atoms with Crippen molar-refractivity contribution in [3.05, 3.63) is 65.5 Å². The largest absolute Gasteiger partial charge is 0.494 e. The highest BCUT2D eigenvalue weighted by molar-refractivity contribution is 6.11. The van der Waals surface area contributed by atoms with Crippen molar-refractivity contribution in [2.45, 2.75) is 39.2 Å². The molecule has 1 aliphatic rings. The predicted molar refractivity (Wildman–Crippen MR) is 195 cm³/mol. The molecule has 0 unspecified atom stereocenters. The number of fused-ring (bicyclic) bond motifs is 1. The van der Waals surface area contributed by atoms with Gasteiger partial charge < -0.3 is 34.1 Å². The van der Waals surface area contributed by atoms with Gasteiger partial charge in [-0.3, -0.25) is 9.59 Å². The van der Waals surface area contributed by atoms with Gasteiger partial charge in [0.2, 0.25) is 12.0 Å². The van der Waals surface area contributed by atoms with E-state index in [4.69, 9.17) is 14.5 Å². The molecule has 12 heteroatoms. The van der Waals surface area contributed by atoms with E-state index < -0.39 is 5.91 Å². The number of isocyanates is 1. The minimum absolute atomic E-state index is 0.0820. The van der Waals surface area contributed by atoms with Crippen LogP contribution < -0.4 is 14.4 Å². The summed E-state index contributed by atoms with van der Waals surface area (Å²) in [6.07, 6.45) is 4.59. The summed E-state index contributed by atoms with van der Waals surface area (Å²) in [4.78, 5) is 58.2. The first-order valence-corrected chi connectivity index (χ1v) is 17.0. The van der Waals surface area contributed by atoms with Gasteiger partial charge in [-0.05, 0) is 83.2 Å². The summed E-state index contributed by atoms with van der Waals surface area (Å²) < 4.78 is 12.0. The molecule has 3 aromatic carbocycles. The molecule has 4 aromatic rings. The second kappa shape index (κ2) is 16.6. The van der Waals surface area contributed by atoms with E-state index in [0.717, 1.165) is 73.4 Å². The van der Waals surface area contributed by atoms with E-state index in [9.17, 15) is 14.4 Å². The molecule has 2 amide bonds. The number of H-pyrrole nitrogens is 1. The number of anilines is 1. The Labute approximate surface area is 293 Å². The van der Waals surface area contributed by atoms with Crippen molar-refractivity contribution in [2.24, 2.45) is 4.99 Å². The lowest BCUT2D eigenvalue weighted by Crippen LogP contribution is -2.47. The zero-order valence-corrected chi connectivity index (χ0v) is 29.9. The molecule has 1 aliphatic heterocycles. The van der Waals surface area contributed by atoms with Crippen LogP contribution in [-0.4, -0.2) is 111 Å². The predicted octanol–water partition coefficient (Wildman–Crippen LogP) is 5.57. The Morgan fingerprint density at radius 3 is 2.50 bits per heavy atom. The Balaban J connectivity index is 1.32. The molecule has 0 spiro atoms. The third-order valence-electron chi connectivity index (χ3n) is 8.97. The second-order valence-electron chi connectivity index (χ2n) is 13.0. The molecule has 1 N–H and O–H groups in total. The van der Waals surface area contributed by atoms with Crippen molar-refractivity contribution in [3.8, 4) is 22.6 Å². The summed E-state index contributed by atoms with van der Waals surface area (Å²) in [5.41, 5.74) is 4.82. The number of unbranched alkanes of at least 4 members (excludes halogenated alkanes) is 2. The van der Waals surface area contributed by atoms with Gasteiger partial charge in [-0.1, -0.05) is 18.2 Å². The minimum atomic E-state index is -0.397. The first-order chi connectivity index (χ1) is 24.1. The number of ether oxygens (including phenoxy) is 2. The van der Waals surface area contributed by atoms with Crippen LogP contribution in [0.2, 0.25) is 0 Å². The van der Waals surface area contributed by atoms with Crippen molar-refractivity contribution < 1.29 is 23.9 Å². The summed E-state index contributed by atoms with van der Waals surface area (Å²) in [5, 5.41) is 0. The maximum absolute atomic E-state index is 14.1. The van der Waals surface area contributed by atoms with Crippen LogP contribution in [-0.2, 0) is 16.1 Å². The van der Waals surface area contributed by atoms with Crippen LogP contribution in [0.1, 0.15) is 47.4 Å². The number of piperazine rings is 1. The number of aromatic nitrogens is 2. The molecular formula is C38H47N7O5. The molecular weight excluding hydrogens is 634 g/mol. The normalized spacial score (nSPS) is 13.4. The fourth-order valence-electron chi connectivity index (χ4n) is 6.25. The number of hydrogen-bond acceptors (Lipinski definition) is 9. The van der Waals surface area contributed by atoms with Crippen LogP contribution in [0.25, 0.3) is 22.2 Å². The number of aliphatic imine (C=N–C) groups is 1. The van der Waals surface area contributed by atoms with E-state index in [1.807, 2.05) is 67.2 Å². The smallest absolute Gasteiger partial charge is 0.260 e. The van der Waals surface area contributed by atoms with Crippen molar-refractivity contribution in [1.82, 2.24) is 24.7 Å². The van der Waals surface area contributed by atoms with Crippen LogP contribution in [0.3, 0.4) is 0 Å². The second-order valence-corrected chi connectivity index (χ2v) is 13.0. The Hall–Kier alpha value is -5.03. The summed E-state index contributed by atoms with van der Waals surface area (Å²) in [7, 11) is 9.17. The van der Waals surface area contributed by atoms with Gasteiger partial charge in [-0.15, -0.1) is 0 Å². The number of para-hydroxylation sites is 1. The summed E-state index contributed by atoms with van der Waals surface area (Å²) >= 11 is 0. The minimum Gasteiger partial charge on any atom is -0.494 e. The number of nitrogens with zero attached hydrogens (tertiary/aromatic N) is 6. The van der Waals surface area contributed by atoms with Crippen molar-refractivity contribution in [2.75, 3.05) is 73.0 Å². The lowest BCUT2D eigenvalue weighted by molar-refractivity contribution is -0.132. The van der Waals surface area contributed by atoms with Gasteiger partial charge in [-0.25, -0.2) is 9.78 Å². The van der Waals surface area contributed by atoms with Gasteiger partial charge in [-0.2, -0.15) is 4.99 Å². The van der Waals surface area contributed by atoms with Gasteiger partial charge in [0.15, 0.2) is 5.75 Å². The molecule has 0 saturated carbocycles. The molecule has 1 fully saturated rings. The summed E-state index contributed by atoms with van der Waals surface area (Å²) in [6, 6.07) is 14.9. The van der Waals surface area contributed by atoms with Crippen molar-refractivity contribution in [3.63, 3.8) is 0 Å². The number of likely N-dealkylation sites (N-methyl/N-ethyl adjacent to an activating group) is 1. The fraction of sp³-hybridized carbons (Fsp3) is 0.421. The van der Waals surface area contributed by atoms with E-state index in [1.54, 1.807) is 25.3 Å². The highest BCUT2D eigenvalue weighted by Crippen LogP contribution is 2.43. The van der Waals surface area contributed by atoms with E-state index in [2.05, 4.69) is 21.9 Å². The van der Waals surface area contributed by atoms with Gasteiger partial charge in [0.1, 0.15) is 17.3 Å². The van der Waals surface area contributed by atoms with Gasteiger partial charge in [0.25, 0.3) is 5.91 Å². The standard InChI is InChI=1S/C38H47N7O5/c1-26-14-17-31(32(23-26)50-22-9-7-8-13-34(47)45-20-18-43(4)19-21-45)44(5)38(48)29-16-15-28(37(49-6)36(29)39-25-46)27-11-10-12-30-35(27)41-33(40-30)24-42(2)3/h10-12,14-17,23H,7-9,13,18-22,24H2,1-6H3,(H,40,41). The van der Waals surface area contributed by atoms with Crippen LogP contribution in [0.5, 0.6) is 11.5 Å². The molecule has 12 nitrogen and oxygen atoms in total. The number of benzene rings is 3. The first-order valence-electron chi connectivity index (χ1n) is 17.0. The van der Waals surface area contributed by atoms with Gasteiger partial charge in [0.05, 0.1) is 42.5 Å². The lowest BCUT2D eigenvalue weighted by Gasteiger charge is -2.32. The quantitative estimate of drug-likeness (QED) is 0.104. The Morgan fingerprint density at radius 2 is 1.78 bits per heavy atom. The van der Waals surface area contributed by atoms with Crippen molar-refractivity contribution in [1.29, 1.82) is 0 Å². The number of nitrogens with one attached hydrogen (secondary N) is 1. The molecule has 264 valence electrons. The van der Waals surface area contributed by atoms with Crippen LogP contribution in [0.4, 0.5) is 11.4 Å². The molecule has 1 aromatic heterocycles. The van der Waals surface area contributed by atoms with Gasteiger partial charge >= 0.3 is 0 Å². The molecule has 50 heavy (non-hydrogen) atoms. The summed E-state index contributed by atoms with van der Waals surface area (Å²) in [6.45, 7) is 6.46. The van der Waals surface area contributed by atoms with E-state index in [-0.39, 0.29) is 22.9 Å². The highest BCUT2D eigenvalue weighted by Gasteiger charge is 2.26. The fourth-order valence-corrected chi connectivity index (χ4v) is 6.25. The number of amides is 2. The number of carbonyl (C=O) groups is 2. The number of methoxy groups -OCH3 is 1. The SMILES string of the molecule is COc1c(-c2cccc3[nH]c(CN(C)C)nc23)ccc(C(=O)N(C)c2ccc(C)cc2OCCCCCC(=O)N2CCN(C)CC2)c1N=C=O. The van der Waals surface area contributed by atoms with Gasteiger partial charge in [0, 0.05) is 50.8 Å². The molecule has 0 radical (unpaired) electrons. The number of carbonyl (C=O) groups excluding carboxylic acids is 3. The molecule has 2 heterocycles. The third kappa shape index (κ3) is 8.39.